The van der Waals surface area contributed by atoms with E-state index in [2.05, 4.69) is 0 Å². The maximum absolute atomic E-state index is 13.6. The predicted molar refractivity (Wildman–Crippen MR) is 86.4 cm³/mol. The molecule has 8 heteroatoms. The number of hydrogen-bond acceptors (Lipinski definition) is 5. The van der Waals surface area contributed by atoms with Crippen LogP contribution < -0.4 is 9.47 Å². The topological polar surface area (TPSA) is 62.2 Å². The van der Waals surface area contributed by atoms with E-state index in [9.17, 15) is 18.7 Å². The highest BCUT2D eigenvalue weighted by Gasteiger charge is 2.50. The lowest BCUT2D eigenvalue weighted by atomic mass is 10.0. The van der Waals surface area contributed by atoms with Crippen molar-refractivity contribution in [2.45, 2.75) is 24.4 Å². The second kappa shape index (κ2) is 6.76. The second-order valence-corrected chi connectivity index (χ2v) is 6.50. The number of alkyl halides is 2. The normalized spacial score (nSPS) is 23.4. The number of benzene rings is 1. The summed E-state index contributed by atoms with van der Waals surface area (Å²) in [6, 6.07) is 4.24. The highest BCUT2D eigenvalue weighted by Crippen LogP contribution is 2.36. The standard InChI is InChI=1S/C17H22F2N2O4/c1-24-13-3-4-14(15(5-13)25-2)16(23)20-7-12(8-20)21-10-17(18,19)6-11(21)9-22/h3-5,11-12,22H,6-10H2,1-2H3/t11-/m0/s1. The second-order valence-electron chi connectivity index (χ2n) is 6.50. The maximum Gasteiger partial charge on any atom is 0.262 e. The lowest BCUT2D eigenvalue weighted by Crippen LogP contribution is -2.62. The molecule has 0 spiro atoms. The van der Waals surface area contributed by atoms with Gasteiger partial charge in [-0.25, -0.2) is 8.78 Å². The Labute approximate surface area is 144 Å². The monoisotopic (exact) mass is 356 g/mol. The number of rotatable bonds is 5. The Bertz CT molecular complexity index is 650. The van der Waals surface area contributed by atoms with E-state index in [1.807, 2.05) is 0 Å². The molecule has 0 aromatic heterocycles. The van der Waals surface area contributed by atoms with E-state index in [1.54, 1.807) is 28.0 Å². The lowest BCUT2D eigenvalue weighted by Gasteiger charge is -2.45. The summed E-state index contributed by atoms with van der Waals surface area (Å²) in [6.07, 6.45) is -0.333. The molecule has 138 valence electrons. The number of carbonyl (C=O) groups excluding carboxylic acids is 1. The van der Waals surface area contributed by atoms with Crippen LogP contribution in [-0.4, -0.2) is 79.3 Å². The minimum Gasteiger partial charge on any atom is -0.497 e. The van der Waals surface area contributed by atoms with Crippen molar-refractivity contribution in [2.75, 3.05) is 40.5 Å². The van der Waals surface area contributed by atoms with E-state index in [0.29, 0.717) is 30.2 Å². The number of hydrogen-bond donors (Lipinski definition) is 1. The van der Waals surface area contributed by atoms with Crippen LogP contribution in [0.4, 0.5) is 8.78 Å². The number of amides is 1. The summed E-state index contributed by atoms with van der Waals surface area (Å²) in [4.78, 5) is 15.9. The van der Waals surface area contributed by atoms with E-state index in [1.165, 1.54) is 14.2 Å². The zero-order chi connectivity index (χ0) is 18.2. The Kier molecular flexibility index (Phi) is 4.83. The fraction of sp³-hybridized carbons (Fsp3) is 0.588. The van der Waals surface area contributed by atoms with Gasteiger partial charge < -0.3 is 19.5 Å². The largest absolute Gasteiger partial charge is 0.497 e. The lowest BCUT2D eigenvalue weighted by molar-refractivity contribution is -0.0125. The van der Waals surface area contributed by atoms with Crippen LogP contribution >= 0.6 is 0 Å². The third-order valence-corrected chi connectivity index (χ3v) is 4.89. The van der Waals surface area contributed by atoms with Crippen LogP contribution in [0.15, 0.2) is 18.2 Å². The van der Waals surface area contributed by atoms with Crippen molar-refractivity contribution < 1.29 is 28.2 Å². The molecule has 2 aliphatic heterocycles. The molecule has 0 saturated carbocycles. The van der Waals surface area contributed by atoms with Gasteiger partial charge in [-0.1, -0.05) is 0 Å². The van der Waals surface area contributed by atoms with Crippen molar-refractivity contribution in [3.63, 3.8) is 0 Å². The molecule has 2 saturated heterocycles. The van der Waals surface area contributed by atoms with Crippen LogP contribution in [0.25, 0.3) is 0 Å². The van der Waals surface area contributed by atoms with E-state index in [4.69, 9.17) is 9.47 Å². The third kappa shape index (κ3) is 3.41. The van der Waals surface area contributed by atoms with Gasteiger partial charge in [0.25, 0.3) is 11.8 Å². The molecule has 0 aliphatic carbocycles. The summed E-state index contributed by atoms with van der Waals surface area (Å²) >= 11 is 0. The van der Waals surface area contributed by atoms with Gasteiger partial charge in [0.1, 0.15) is 11.5 Å². The van der Waals surface area contributed by atoms with Crippen molar-refractivity contribution in [3.8, 4) is 11.5 Å². The molecule has 1 atom stereocenters. The van der Waals surface area contributed by atoms with Crippen molar-refractivity contribution >= 4 is 5.91 Å². The van der Waals surface area contributed by atoms with Crippen molar-refractivity contribution in [2.24, 2.45) is 0 Å². The first kappa shape index (κ1) is 17.9. The van der Waals surface area contributed by atoms with Gasteiger partial charge in [0.15, 0.2) is 0 Å². The smallest absolute Gasteiger partial charge is 0.262 e. The first-order chi connectivity index (χ1) is 11.9. The number of methoxy groups -OCH3 is 2. The van der Waals surface area contributed by atoms with Crippen molar-refractivity contribution in [3.05, 3.63) is 23.8 Å². The number of nitrogens with zero attached hydrogens (tertiary/aromatic N) is 2. The Morgan fingerprint density at radius 2 is 2.04 bits per heavy atom. The number of ether oxygens (including phenoxy) is 2. The molecule has 3 rings (SSSR count). The molecular weight excluding hydrogens is 334 g/mol. The molecule has 25 heavy (non-hydrogen) atoms. The van der Waals surface area contributed by atoms with Gasteiger partial charge in [-0.05, 0) is 12.1 Å². The van der Waals surface area contributed by atoms with Gasteiger partial charge in [-0.2, -0.15) is 0 Å². The molecule has 1 amide bonds. The Hall–Kier alpha value is -1.93. The van der Waals surface area contributed by atoms with Gasteiger partial charge >= 0.3 is 0 Å². The number of carbonyl (C=O) groups is 1. The first-order valence-corrected chi connectivity index (χ1v) is 8.14. The predicted octanol–water partition coefficient (Wildman–Crippen LogP) is 1.23. The molecular formula is C17H22F2N2O4. The Balaban J connectivity index is 1.66. The summed E-state index contributed by atoms with van der Waals surface area (Å²) in [5.41, 5.74) is 0.409. The number of likely N-dealkylation sites (tertiary alicyclic amines) is 2. The first-order valence-electron chi connectivity index (χ1n) is 8.14. The minimum absolute atomic E-state index is 0.154. The SMILES string of the molecule is COc1ccc(C(=O)N2CC(N3CC(F)(F)C[C@H]3CO)C2)c(OC)c1. The summed E-state index contributed by atoms with van der Waals surface area (Å²) in [6.45, 7) is 0.0598. The van der Waals surface area contributed by atoms with Crippen LogP contribution in [0.3, 0.4) is 0 Å². The van der Waals surface area contributed by atoms with E-state index >= 15 is 0 Å². The highest BCUT2D eigenvalue weighted by molar-refractivity contribution is 5.97. The van der Waals surface area contributed by atoms with E-state index in [0.717, 1.165) is 0 Å². The summed E-state index contributed by atoms with van der Waals surface area (Å²) in [5, 5.41) is 9.32. The van der Waals surface area contributed by atoms with Gasteiger partial charge in [0.2, 0.25) is 0 Å². The van der Waals surface area contributed by atoms with Gasteiger partial charge in [0, 0.05) is 37.7 Å². The van der Waals surface area contributed by atoms with Crippen molar-refractivity contribution in [1.82, 2.24) is 9.80 Å². The van der Waals surface area contributed by atoms with Crippen molar-refractivity contribution in [1.29, 1.82) is 0 Å². The molecule has 1 aromatic carbocycles. The molecule has 0 radical (unpaired) electrons. The van der Waals surface area contributed by atoms with Crippen LogP contribution in [0.5, 0.6) is 11.5 Å². The average Bonchev–Trinajstić information content (AvgIpc) is 2.87. The Morgan fingerprint density at radius 1 is 1.32 bits per heavy atom. The van der Waals surface area contributed by atoms with Gasteiger partial charge in [-0.3, -0.25) is 9.69 Å². The molecule has 0 bridgehead atoms. The van der Waals surface area contributed by atoms with Gasteiger partial charge in [0.05, 0.1) is 32.9 Å². The fourth-order valence-electron chi connectivity index (χ4n) is 3.50. The zero-order valence-corrected chi connectivity index (χ0v) is 14.2. The van der Waals surface area contributed by atoms with E-state index in [-0.39, 0.29) is 31.5 Å². The van der Waals surface area contributed by atoms with Gasteiger partial charge in [-0.15, -0.1) is 0 Å². The van der Waals surface area contributed by atoms with E-state index < -0.39 is 12.0 Å². The van der Waals surface area contributed by atoms with Crippen LogP contribution in [0.1, 0.15) is 16.8 Å². The number of halogens is 2. The summed E-state index contributed by atoms with van der Waals surface area (Å²) < 4.78 is 37.5. The quantitative estimate of drug-likeness (QED) is 0.860. The maximum atomic E-state index is 13.6. The molecule has 6 nitrogen and oxygen atoms in total. The number of aliphatic hydroxyl groups excluding tert-OH is 1. The zero-order valence-electron chi connectivity index (χ0n) is 14.2. The molecule has 2 heterocycles. The fourth-order valence-corrected chi connectivity index (χ4v) is 3.50. The summed E-state index contributed by atoms with van der Waals surface area (Å²) in [7, 11) is 3.00. The average molecular weight is 356 g/mol. The minimum atomic E-state index is -2.78. The highest BCUT2D eigenvalue weighted by atomic mass is 19.3. The van der Waals surface area contributed by atoms with Crippen LogP contribution in [0, 0.1) is 0 Å². The van der Waals surface area contributed by atoms with Crippen LogP contribution in [0.2, 0.25) is 0 Å². The number of aliphatic hydroxyl groups is 1. The third-order valence-electron chi connectivity index (χ3n) is 4.89. The molecule has 2 aliphatic rings. The summed E-state index contributed by atoms with van der Waals surface area (Å²) in [5.74, 6) is -1.99. The van der Waals surface area contributed by atoms with Crippen LogP contribution in [-0.2, 0) is 0 Å². The molecule has 0 unspecified atom stereocenters. The molecule has 1 N–H and O–H groups in total. The Morgan fingerprint density at radius 3 is 2.64 bits per heavy atom. The molecule has 2 fully saturated rings. The molecule has 1 aromatic rings.